The molecule has 0 aliphatic heterocycles. The number of carbonyl (C=O) groups excluding carboxylic acids is 1. The van der Waals surface area contributed by atoms with E-state index in [2.05, 4.69) is 26.2 Å². The Bertz CT molecular complexity index is 693. The van der Waals surface area contributed by atoms with Crippen LogP contribution in [0.1, 0.15) is 24.2 Å². The van der Waals surface area contributed by atoms with Gasteiger partial charge in [-0.1, -0.05) is 5.16 Å². The number of benzene rings is 1. The van der Waals surface area contributed by atoms with E-state index in [1.165, 1.54) is 28.9 Å². The second kappa shape index (κ2) is 6.69. The molecule has 1 aromatic heterocycles. The number of rotatable bonds is 4. The van der Waals surface area contributed by atoms with Crippen LogP contribution < -0.4 is 5.73 Å². The molecule has 0 saturated carbocycles. The van der Waals surface area contributed by atoms with Crippen LogP contribution in [0.25, 0.3) is 0 Å². The van der Waals surface area contributed by atoms with Gasteiger partial charge in [0.2, 0.25) is 0 Å². The SMILES string of the molecule is Cc1nn(C(C)C(=O)O/N=C(\N)c2ccc(F)cc2)cc1Br. The number of oxime groups is 1. The van der Waals surface area contributed by atoms with E-state index < -0.39 is 12.0 Å². The summed E-state index contributed by atoms with van der Waals surface area (Å²) >= 11 is 3.32. The van der Waals surface area contributed by atoms with E-state index >= 15 is 0 Å². The first-order valence-corrected chi connectivity index (χ1v) is 7.19. The maximum absolute atomic E-state index is 12.8. The molecular formula is C14H14BrFN4O2. The van der Waals surface area contributed by atoms with E-state index in [1.54, 1.807) is 13.1 Å². The van der Waals surface area contributed by atoms with E-state index in [-0.39, 0.29) is 11.7 Å². The number of hydrogen-bond donors (Lipinski definition) is 1. The Morgan fingerprint density at radius 1 is 1.45 bits per heavy atom. The van der Waals surface area contributed by atoms with Crippen LogP contribution >= 0.6 is 15.9 Å². The summed E-state index contributed by atoms with van der Waals surface area (Å²) in [6, 6.07) is 4.71. The summed E-state index contributed by atoms with van der Waals surface area (Å²) in [4.78, 5) is 16.7. The number of nitrogens with zero attached hydrogens (tertiary/aromatic N) is 3. The first kappa shape index (κ1) is 16.2. The fourth-order valence-electron chi connectivity index (χ4n) is 1.61. The lowest BCUT2D eigenvalue weighted by Crippen LogP contribution is -2.20. The van der Waals surface area contributed by atoms with Gasteiger partial charge in [-0.25, -0.2) is 9.18 Å². The molecule has 6 nitrogen and oxygen atoms in total. The van der Waals surface area contributed by atoms with Gasteiger partial charge in [-0.15, -0.1) is 0 Å². The van der Waals surface area contributed by atoms with Crippen LogP contribution in [0.4, 0.5) is 4.39 Å². The Morgan fingerprint density at radius 2 is 2.09 bits per heavy atom. The smallest absolute Gasteiger partial charge is 0.359 e. The fourth-order valence-corrected chi connectivity index (χ4v) is 1.90. The molecule has 2 N–H and O–H groups in total. The summed E-state index contributed by atoms with van der Waals surface area (Å²) in [6.45, 7) is 3.44. The van der Waals surface area contributed by atoms with Crippen LogP contribution in [-0.2, 0) is 9.63 Å². The second-order valence-corrected chi connectivity index (χ2v) is 5.47. The third kappa shape index (κ3) is 3.70. The van der Waals surface area contributed by atoms with E-state index in [0.29, 0.717) is 5.56 Å². The Morgan fingerprint density at radius 3 is 2.64 bits per heavy atom. The summed E-state index contributed by atoms with van der Waals surface area (Å²) in [7, 11) is 0. The summed E-state index contributed by atoms with van der Waals surface area (Å²) < 4.78 is 15.1. The predicted octanol–water partition coefficient (Wildman–Crippen LogP) is 2.52. The van der Waals surface area contributed by atoms with E-state index in [9.17, 15) is 9.18 Å². The van der Waals surface area contributed by atoms with Gasteiger partial charge in [0.25, 0.3) is 0 Å². The van der Waals surface area contributed by atoms with Gasteiger partial charge in [0.05, 0.1) is 10.2 Å². The summed E-state index contributed by atoms with van der Waals surface area (Å²) in [5, 5.41) is 7.74. The fraction of sp³-hybridized carbons (Fsp3) is 0.214. The predicted molar refractivity (Wildman–Crippen MR) is 82.6 cm³/mol. The van der Waals surface area contributed by atoms with Gasteiger partial charge in [-0.2, -0.15) is 5.10 Å². The van der Waals surface area contributed by atoms with E-state index in [0.717, 1.165) is 10.2 Å². The number of amidine groups is 1. The van der Waals surface area contributed by atoms with Crippen LogP contribution in [0, 0.1) is 12.7 Å². The van der Waals surface area contributed by atoms with Crippen LogP contribution in [0.15, 0.2) is 40.1 Å². The number of halogens is 2. The monoisotopic (exact) mass is 368 g/mol. The minimum Gasteiger partial charge on any atom is -0.380 e. The van der Waals surface area contributed by atoms with Crippen molar-refractivity contribution in [2.45, 2.75) is 19.9 Å². The quantitative estimate of drug-likeness (QED) is 0.389. The molecule has 0 aliphatic carbocycles. The van der Waals surface area contributed by atoms with Gasteiger partial charge in [-0.3, -0.25) is 4.68 Å². The average Bonchev–Trinajstić information content (AvgIpc) is 2.84. The molecule has 116 valence electrons. The lowest BCUT2D eigenvalue weighted by atomic mass is 10.2. The maximum Gasteiger partial charge on any atom is 0.359 e. The first-order valence-electron chi connectivity index (χ1n) is 6.40. The molecule has 1 unspecified atom stereocenters. The minimum absolute atomic E-state index is 0.0154. The van der Waals surface area contributed by atoms with Crippen LogP contribution in [0.5, 0.6) is 0 Å². The van der Waals surface area contributed by atoms with Gasteiger partial charge >= 0.3 is 5.97 Å². The van der Waals surface area contributed by atoms with E-state index in [4.69, 9.17) is 10.6 Å². The molecule has 0 aliphatic rings. The highest BCUT2D eigenvalue weighted by atomic mass is 79.9. The minimum atomic E-state index is -0.658. The molecule has 0 amide bonds. The molecule has 0 bridgehead atoms. The van der Waals surface area contributed by atoms with Crippen molar-refractivity contribution in [3.05, 3.63) is 52.0 Å². The lowest BCUT2D eigenvalue weighted by molar-refractivity contribution is -0.147. The summed E-state index contributed by atoms with van der Waals surface area (Å²) in [5.41, 5.74) is 6.90. The molecule has 1 heterocycles. The molecule has 0 spiro atoms. The molecule has 1 aromatic carbocycles. The highest BCUT2D eigenvalue weighted by molar-refractivity contribution is 9.10. The summed E-state index contributed by atoms with van der Waals surface area (Å²) in [6.07, 6.45) is 1.67. The average molecular weight is 369 g/mol. The van der Waals surface area contributed by atoms with Crippen molar-refractivity contribution in [1.29, 1.82) is 0 Å². The van der Waals surface area contributed by atoms with Crippen molar-refractivity contribution in [3.63, 3.8) is 0 Å². The zero-order valence-corrected chi connectivity index (χ0v) is 13.5. The molecule has 0 saturated heterocycles. The molecule has 0 radical (unpaired) electrons. The van der Waals surface area contributed by atoms with Crippen molar-refractivity contribution in [3.8, 4) is 0 Å². The molecule has 8 heteroatoms. The third-order valence-corrected chi connectivity index (χ3v) is 3.75. The normalized spacial score (nSPS) is 13.0. The highest BCUT2D eigenvalue weighted by Gasteiger charge is 2.19. The lowest BCUT2D eigenvalue weighted by Gasteiger charge is -2.08. The maximum atomic E-state index is 12.8. The Kier molecular flexibility index (Phi) is 4.92. The number of nitrogens with two attached hydrogens (primary N) is 1. The Balaban J connectivity index is 2.05. The molecule has 22 heavy (non-hydrogen) atoms. The van der Waals surface area contributed by atoms with Gasteiger partial charge in [0.15, 0.2) is 5.84 Å². The van der Waals surface area contributed by atoms with Crippen molar-refractivity contribution < 1.29 is 14.0 Å². The van der Waals surface area contributed by atoms with Gasteiger partial charge in [0, 0.05) is 11.8 Å². The highest BCUT2D eigenvalue weighted by Crippen LogP contribution is 2.17. The van der Waals surface area contributed by atoms with Gasteiger partial charge in [-0.05, 0) is 54.0 Å². The molecule has 0 fully saturated rings. The van der Waals surface area contributed by atoms with Crippen molar-refractivity contribution >= 4 is 27.7 Å². The van der Waals surface area contributed by atoms with Crippen LogP contribution in [0.2, 0.25) is 0 Å². The zero-order chi connectivity index (χ0) is 16.3. The van der Waals surface area contributed by atoms with Crippen molar-refractivity contribution in [2.24, 2.45) is 10.9 Å². The third-order valence-electron chi connectivity index (χ3n) is 2.97. The molecule has 2 rings (SSSR count). The Hall–Kier alpha value is -2.22. The topological polar surface area (TPSA) is 82.5 Å². The van der Waals surface area contributed by atoms with Crippen LogP contribution in [-0.4, -0.2) is 21.6 Å². The number of aromatic nitrogens is 2. The number of hydrogen-bond acceptors (Lipinski definition) is 4. The molecular weight excluding hydrogens is 355 g/mol. The largest absolute Gasteiger partial charge is 0.380 e. The van der Waals surface area contributed by atoms with Crippen molar-refractivity contribution in [2.75, 3.05) is 0 Å². The standard InChI is InChI=1S/C14H14BrFN4O2/c1-8-12(15)7-20(18-8)9(2)14(21)22-19-13(17)10-3-5-11(16)6-4-10/h3-7,9H,1-2H3,(H2,17,19). The molecule has 1 atom stereocenters. The van der Waals surface area contributed by atoms with E-state index in [1.807, 2.05) is 6.92 Å². The summed E-state index contributed by atoms with van der Waals surface area (Å²) in [5.74, 6) is -1.01. The molecule has 2 aromatic rings. The van der Waals surface area contributed by atoms with Crippen LogP contribution in [0.3, 0.4) is 0 Å². The first-order chi connectivity index (χ1) is 10.4. The second-order valence-electron chi connectivity index (χ2n) is 4.61. The number of carbonyl (C=O) groups is 1. The van der Waals surface area contributed by atoms with Crippen molar-refractivity contribution in [1.82, 2.24) is 9.78 Å². The number of aryl methyl sites for hydroxylation is 1. The van der Waals surface area contributed by atoms with Gasteiger partial charge in [0.1, 0.15) is 11.9 Å². The zero-order valence-electron chi connectivity index (χ0n) is 12.0. The van der Waals surface area contributed by atoms with Gasteiger partial charge < -0.3 is 10.6 Å². The Labute approximate surface area is 134 Å².